The summed E-state index contributed by atoms with van der Waals surface area (Å²) >= 11 is 0. The summed E-state index contributed by atoms with van der Waals surface area (Å²) in [4.78, 5) is 23.6. The fourth-order valence-corrected chi connectivity index (χ4v) is 4.22. The lowest BCUT2D eigenvalue weighted by Gasteiger charge is -2.39. The lowest BCUT2D eigenvalue weighted by Crippen LogP contribution is -2.41. The number of aromatic nitrogens is 3. The molecule has 0 saturated carbocycles. The number of likely N-dealkylation sites (tertiary alicyclic amines) is 1. The molecule has 0 radical (unpaired) electrons. The molecule has 7 heteroatoms. The van der Waals surface area contributed by atoms with Gasteiger partial charge in [0.1, 0.15) is 17.9 Å². The first-order valence-electron chi connectivity index (χ1n) is 10.2. The number of ether oxygens (including phenoxy) is 1. The van der Waals surface area contributed by atoms with Crippen LogP contribution in [0.5, 0.6) is 5.75 Å². The molecule has 1 amide bonds. The number of pyridine rings is 1. The molecule has 156 valence electrons. The van der Waals surface area contributed by atoms with Crippen LogP contribution in [0.3, 0.4) is 0 Å². The largest absolute Gasteiger partial charge is 0.497 e. The number of carbonyl (C=O) groups is 1. The Hall–Kier alpha value is -3.19. The highest BCUT2D eigenvalue weighted by Crippen LogP contribution is 2.35. The zero-order chi connectivity index (χ0) is 20.9. The molecule has 4 rings (SSSR count). The van der Waals surface area contributed by atoms with E-state index in [-0.39, 0.29) is 11.9 Å². The Balaban J connectivity index is 1.46. The van der Waals surface area contributed by atoms with Crippen LogP contribution in [0, 0.1) is 5.92 Å². The van der Waals surface area contributed by atoms with Gasteiger partial charge in [-0.05, 0) is 62.2 Å². The van der Waals surface area contributed by atoms with Crippen molar-refractivity contribution in [3.05, 3.63) is 72.4 Å². The number of carbonyl (C=O) groups excluding carboxylic acids is 1. The number of piperidine rings is 1. The number of nitrogens with one attached hydrogen (secondary N) is 1. The van der Waals surface area contributed by atoms with Gasteiger partial charge in [-0.1, -0.05) is 12.1 Å². The zero-order valence-electron chi connectivity index (χ0n) is 17.4. The molecule has 0 spiro atoms. The third-order valence-electron chi connectivity index (χ3n) is 5.77. The van der Waals surface area contributed by atoms with Crippen LogP contribution in [0.1, 0.15) is 34.8 Å². The van der Waals surface area contributed by atoms with E-state index in [0.717, 1.165) is 25.1 Å². The van der Waals surface area contributed by atoms with Crippen molar-refractivity contribution in [1.82, 2.24) is 24.8 Å². The fraction of sp³-hybridized carbons (Fsp3) is 0.348. The maximum atomic E-state index is 12.8. The molecule has 1 aliphatic heterocycles. The van der Waals surface area contributed by atoms with E-state index in [2.05, 4.69) is 39.4 Å². The standard InChI is InChI=1S/C23H27N5O2/c1-27-12-3-4-19(22(27)17-5-7-20(30-2)8-6-17)15-26-23(29)18-9-10-25-21(14-18)28-13-11-24-16-28/h5-11,13-14,16,19,22H,3-4,12,15H2,1-2H3,(H,26,29). The maximum absolute atomic E-state index is 12.8. The van der Waals surface area contributed by atoms with Crippen LogP contribution in [0.2, 0.25) is 0 Å². The molecule has 2 atom stereocenters. The smallest absolute Gasteiger partial charge is 0.251 e. The van der Waals surface area contributed by atoms with Gasteiger partial charge in [0, 0.05) is 36.7 Å². The topological polar surface area (TPSA) is 72.3 Å². The molecule has 3 heterocycles. The SMILES string of the molecule is COc1ccc(C2C(CNC(=O)c3ccnc(-n4ccnc4)c3)CCCN2C)cc1. The minimum absolute atomic E-state index is 0.0829. The summed E-state index contributed by atoms with van der Waals surface area (Å²) in [5.41, 5.74) is 1.85. The molecule has 0 aliphatic carbocycles. The third kappa shape index (κ3) is 4.36. The van der Waals surface area contributed by atoms with Gasteiger partial charge in [-0.25, -0.2) is 9.97 Å². The number of imidazole rings is 1. The highest BCUT2D eigenvalue weighted by molar-refractivity contribution is 5.94. The van der Waals surface area contributed by atoms with Gasteiger partial charge in [-0.3, -0.25) is 14.3 Å². The quantitative estimate of drug-likeness (QED) is 0.682. The van der Waals surface area contributed by atoms with Gasteiger partial charge in [-0.2, -0.15) is 0 Å². The van der Waals surface area contributed by atoms with Gasteiger partial charge in [0.05, 0.1) is 7.11 Å². The van der Waals surface area contributed by atoms with Crippen molar-refractivity contribution in [2.45, 2.75) is 18.9 Å². The van der Waals surface area contributed by atoms with Gasteiger partial charge in [0.25, 0.3) is 5.91 Å². The van der Waals surface area contributed by atoms with Crippen LogP contribution >= 0.6 is 0 Å². The highest BCUT2D eigenvalue weighted by atomic mass is 16.5. The van der Waals surface area contributed by atoms with Crippen molar-refractivity contribution in [2.75, 3.05) is 27.2 Å². The lowest BCUT2D eigenvalue weighted by molar-refractivity contribution is 0.0891. The van der Waals surface area contributed by atoms with E-state index in [9.17, 15) is 4.79 Å². The van der Waals surface area contributed by atoms with E-state index in [1.165, 1.54) is 5.56 Å². The number of rotatable bonds is 6. The number of hydrogen-bond acceptors (Lipinski definition) is 5. The summed E-state index contributed by atoms with van der Waals surface area (Å²) in [6, 6.07) is 12.0. The normalized spacial score (nSPS) is 19.4. The van der Waals surface area contributed by atoms with Crippen molar-refractivity contribution in [2.24, 2.45) is 5.92 Å². The van der Waals surface area contributed by atoms with E-state index in [4.69, 9.17) is 4.74 Å². The fourth-order valence-electron chi connectivity index (χ4n) is 4.22. The number of nitrogens with zero attached hydrogens (tertiary/aromatic N) is 4. The molecule has 30 heavy (non-hydrogen) atoms. The molecule has 2 aromatic heterocycles. The van der Waals surface area contributed by atoms with Gasteiger partial charge in [-0.15, -0.1) is 0 Å². The van der Waals surface area contributed by atoms with Gasteiger partial charge in [0.2, 0.25) is 0 Å². The van der Waals surface area contributed by atoms with E-state index in [0.29, 0.717) is 23.8 Å². The Labute approximate surface area is 176 Å². The second-order valence-corrected chi connectivity index (χ2v) is 7.68. The number of hydrogen-bond donors (Lipinski definition) is 1. The average molecular weight is 406 g/mol. The molecule has 1 fully saturated rings. The summed E-state index contributed by atoms with van der Waals surface area (Å²) in [5, 5.41) is 3.14. The predicted molar refractivity (Wildman–Crippen MR) is 115 cm³/mol. The molecule has 7 nitrogen and oxygen atoms in total. The summed E-state index contributed by atoms with van der Waals surface area (Å²) in [5.74, 6) is 1.79. The van der Waals surface area contributed by atoms with E-state index in [1.807, 2.05) is 12.1 Å². The minimum atomic E-state index is -0.0829. The average Bonchev–Trinajstić information content (AvgIpc) is 3.33. The molecule has 2 unspecified atom stereocenters. The zero-order valence-corrected chi connectivity index (χ0v) is 17.4. The summed E-state index contributed by atoms with van der Waals surface area (Å²) in [6.45, 7) is 1.68. The Morgan fingerprint density at radius 2 is 2.07 bits per heavy atom. The monoisotopic (exact) mass is 405 g/mol. The van der Waals surface area contributed by atoms with Crippen molar-refractivity contribution < 1.29 is 9.53 Å². The Morgan fingerprint density at radius 3 is 2.80 bits per heavy atom. The van der Waals surface area contributed by atoms with Crippen molar-refractivity contribution >= 4 is 5.91 Å². The Morgan fingerprint density at radius 1 is 1.23 bits per heavy atom. The summed E-state index contributed by atoms with van der Waals surface area (Å²) in [7, 11) is 3.83. The molecule has 1 N–H and O–H groups in total. The van der Waals surface area contributed by atoms with Crippen LogP contribution in [-0.4, -0.2) is 52.6 Å². The lowest BCUT2D eigenvalue weighted by atomic mass is 9.85. The van der Waals surface area contributed by atoms with Crippen molar-refractivity contribution in [1.29, 1.82) is 0 Å². The van der Waals surface area contributed by atoms with Crippen LogP contribution in [0.25, 0.3) is 5.82 Å². The van der Waals surface area contributed by atoms with Crippen molar-refractivity contribution in [3.8, 4) is 11.6 Å². The second-order valence-electron chi connectivity index (χ2n) is 7.68. The maximum Gasteiger partial charge on any atom is 0.251 e. The molecule has 1 aromatic carbocycles. The Kier molecular flexibility index (Phi) is 6.09. The van der Waals surface area contributed by atoms with Crippen LogP contribution in [0.15, 0.2) is 61.3 Å². The Bertz CT molecular complexity index is 972. The van der Waals surface area contributed by atoms with E-state index >= 15 is 0 Å². The molecule has 1 aliphatic rings. The first-order valence-corrected chi connectivity index (χ1v) is 10.2. The molecule has 1 saturated heterocycles. The van der Waals surface area contributed by atoms with Crippen LogP contribution in [0.4, 0.5) is 0 Å². The van der Waals surface area contributed by atoms with E-state index < -0.39 is 0 Å². The van der Waals surface area contributed by atoms with Gasteiger partial charge >= 0.3 is 0 Å². The highest BCUT2D eigenvalue weighted by Gasteiger charge is 2.30. The number of amides is 1. The molecule has 0 bridgehead atoms. The number of methoxy groups -OCH3 is 1. The molecular formula is C23H27N5O2. The van der Waals surface area contributed by atoms with Crippen LogP contribution < -0.4 is 10.1 Å². The third-order valence-corrected chi connectivity index (χ3v) is 5.77. The first-order chi connectivity index (χ1) is 14.7. The van der Waals surface area contributed by atoms with Crippen LogP contribution in [-0.2, 0) is 0 Å². The number of benzene rings is 1. The molecular weight excluding hydrogens is 378 g/mol. The van der Waals surface area contributed by atoms with E-state index in [1.54, 1.807) is 48.7 Å². The summed E-state index contributed by atoms with van der Waals surface area (Å²) in [6.07, 6.45) is 9.02. The predicted octanol–water partition coefficient (Wildman–Crippen LogP) is 3.09. The van der Waals surface area contributed by atoms with Gasteiger partial charge in [0.15, 0.2) is 0 Å². The first kappa shape index (κ1) is 20.1. The van der Waals surface area contributed by atoms with Crippen molar-refractivity contribution in [3.63, 3.8) is 0 Å². The van der Waals surface area contributed by atoms with Gasteiger partial charge < -0.3 is 10.1 Å². The second kappa shape index (κ2) is 9.09. The summed E-state index contributed by atoms with van der Waals surface area (Å²) < 4.78 is 7.08. The minimum Gasteiger partial charge on any atom is -0.497 e. The molecule has 3 aromatic rings.